The zero-order chi connectivity index (χ0) is 20.9. The third-order valence-corrected chi connectivity index (χ3v) is 6.81. The molecule has 3 rings (SSSR count). The van der Waals surface area contributed by atoms with Gasteiger partial charge in [0.1, 0.15) is 11.5 Å². The topological polar surface area (TPSA) is 84.9 Å². The molecule has 7 nitrogen and oxygen atoms in total. The molecule has 1 heterocycles. The van der Waals surface area contributed by atoms with Gasteiger partial charge in [-0.1, -0.05) is 12.5 Å². The Morgan fingerprint density at radius 3 is 2.28 bits per heavy atom. The van der Waals surface area contributed by atoms with Crippen LogP contribution in [0, 0.1) is 0 Å². The fraction of sp³-hybridized carbons (Fsp3) is 0.381. The summed E-state index contributed by atoms with van der Waals surface area (Å²) in [6, 6.07) is 11.5. The maximum absolute atomic E-state index is 12.8. The molecule has 2 aromatic carbocycles. The van der Waals surface area contributed by atoms with Crippen molar-refractivity contribution in [3.8, 4) is 11.5 Å². The molecule has 1 aliphatic rings. The highest BCUT2D eigenvalue weighted by molar-refractivity contribution is 7.89. The van der Waals surface area contributed by atoms with Crippen LogP contribution in [0.15, 0.2) is 47.4 Å². The molecule has 8 heteroatoms. The first-order valence-corrected chi connectivity index (χ1v) is 11.0. The fourth-order valence-electron chi connectivity index (χ4n) is 3.30. The number of carbonyl (C=O) groups excluding carboxylic acids is 1. The summed E-state index contributed by atoms with van der Waals surface area (Å²) in [6.07, 6.45) is 2.77. The van der Waals surface area contributed by atoms with Gasteiger partial charge >= 0.3 is 0 Å². The van der Waals surface area contributed by atoms with Crippen LogP contribution >= 0.6 is 0 Å². The molecule has 0 unspecified atom stereocenters. The lowest BCUT2D eigenvalue weighted by Crippen LogP contribution is -2.35. The molecule has 0 spiro atoms. The molecule has 0 aromatic heterocycles. The SMILES string of the molecule is COc1cc(CNC(=O)c2cccc(S(=O)(=O)N3CCCCC3)c2)cc(OC)c1. The molecule has 2 aromatic rings. The molecule has 1 N–H and O–H groups in total. The Balaban J connectivity index is 1.73. The zero-order valence-electron chi connectivity index (χ0n) is 16.7. The molecule has 0 atom stereocenters. The predicted octanol–water partition coefficient (Wildman–Crippen LogP) is 2.81. The number of carbonyl (C=O) groups is 1. The number of nitrogens with one attached hydrogen (secondary N) is 1. The summed E-state index contributed by atoms with van der Waals surface area (Å²) in [6.45, 7) is 1.31. The first-order valence-electron chi connectivity index (χ1n) is 9.54. The van der Waals surface area contributed by atoms with Gasteiger partial charge in [0, 0.05) is 31.3 Å². The Hall–Kier alpha value is -2.58. The van der Waals surface area contributed by atoms with Gasteiger partial charge in [-0.25, -0.2) is 8.42 Å². The average molecular weight is 419 g/mol. The normalized spacial score (nSPS) is 15.0. The third-order valence-electron chi connectivity index (χ3n) is 4.91. The van der Waals surface area contributed by atoms with Crippen LogP contribution in [0.3, 0.4) is 0 Å². The molecule has 1 aliphatic heterocycles. The highest BCUT2D eigenvalue weighted by Crippen LogP contribution is 2.23. The van der Waals surface area contributed by atoms with Crippen molar-refractivity contribution in [2.75, 3.05) is 27.3 Å². The van der Waals surface area contributed by atoms with Crippen LogP contribution in [0.5, 0.6) is 11.5 Å². The summed E-state index contributed by atoms with van der Waals surface area (Å²) in [4.78, 5) is 12.7. The summed E-state index contributed by atoms with van der Waals surface area (Å²) >= 11 is 0. The Kier molecular flexibility index (Phi) is 6.76. The number of benzene rings is 2. The number of piperidine rings is 1. The largest absolute Gasteiger partial charge is 0.497 e. The first-order chi connectivity index (χ1) is 13.9. The van der Waals surface area contributed by atoms with Crippen molar-refractivity contribution >= 4 is 15.9 Å². The van der Waals surface area contributed by atoms with E-state index in [9.17, 15) is 13.2 Å². The van der Waals surface area contributed by atoms with Crippen LogP contribution in [0.1, 0.15) is 35.2 Å². The Morgan fingerprint density at radius 2 is 1.66 bits per heavy atom. The number of hydrogen-bond donors (Lipinski definition) is 1. The summed E-state index contributed by atoms with van der Waals surface area (Å²) in [5.41, 5.74) is 1.12. The summed E-state index contributed by atoms with van der Waals surface area (Å²) in [7, 11) is -0.461. The van der Waals surface area contributed by atoms with E-state index >= 15 is 0 Å². The minimum Gasteiger partial charge on any atom is -0.497 e. The number of sulfonamides is 1. The molecule has 29 heavy (non-hydrogen) atoms. The predicted molar refractivity (Wildman–Crippen MR) is 110 cm³/mol. The molecular weight excluding hydrogens is 392 g/mol. The summed E-state index contributed by atoms with van der Waals surface area (Å²) in [5.74, 6) is 0.911. The van der Waals surface area contributed by atoms with E-state index in [4.69, 9.17) is 9.47 Å². The highest BCUT2D eigenvalue weighted by atomic mass is 32.2. The molecule has 1 amide bonds. The summed E-state index contributed by atoms with van der Waals surface area (Å²) < 4.78 is 37.7. The molecule has 0 radical (unpaired) electrons. The number of amides is 1. The van der Waals surface area contributed by atoms with E-state index in [0.717, 1.165) is 24.8 Å². The molecular formula is C21H26N2O5S. The van der Waals surface area contributed by atoms with Crippen LogP contribution in [-0.2, 0) is 16.6 Å². The number of hydrogen-bond acceptors (Lipinski definition) is 5. The number of rotatable bonds is 7. The van der Waals surface area contributed by atoms with Gasteiger partial charge in [0.25, 0.3) is 5.91 Å². The smallest absolute Gasteiger partial charge is 0.251 e. The van der Waals surface area contributed by atoms with Crippen molar-refractivity contribution in [3.05, 3.63) is 53.6 Å². The standard InChI is InChI=1S/C21H26N2O5S/c1-27-18-11-16(12-19(14-18)28-2)15-22-21(24)17-7-6-8-20(13-17)29(25,26)23-9-4-3-5-10-23/h6-8,11-14H,3-5,9-10,15H2,1-2H3,(H,22,24). The first kappa shape index (κ1) is 21.1. The van der Waals surface area contributed by atoms with Crippen molar-refractivity contribution in [1.29, 1.82) is 0 Å². The van der Waals surface area contributed by atoms with E-state index in [1.807, 2.05) is 0 Å². The Morgan fingerprint density at radius 1 is 1.00 bits per heavy atom. The van der Waals surface area contributed by atoms with Crippen LogP contribution < -0.4 is 14.8 Å². The van der Waals surface area contributed by atoms with Gasteiger partial charge in [-0.05, 0) is 48.7 Å². The lowest BCUT2D eigenvalue weighted by molar-refractivity contribution is 0.0950. The number of methoxy groups -OCH3 is 2. The van der Waals surface area contributed by atoms with Gasteiger partial charge in [0.2, 0.25) is 10.0 Å². The quantitative estimate of drug-likeness (QED) is 0.747. The maximum atomic E-state index is 12.8. The highest BCUT2D eigenvalue weighted by Gasteiger charge is 2.26. The molecule has 1 fully saturated rings. The maximum Gasteiger partial charge on any atom is 0.251 e. The second kappa shape index (κ2) is 9.28. The van der Waals surface area contributed by atoms with Gasteiger partial charge in [-0.3, -0.25) is 4.79 Å². The van der Waals surface area contributed by atoms with E-state index in [1.54, 1.807) is 44.6 Å². The Bertz CT molecular complexity index is 947. The molecule has 0 bridgehead atoms. The third kappa shape index (κ3) is 5.07. The van der Waals surface area contributed by atoms with Crippen molar-refractivity contribution in [3.63, 3.8) is 0 Å². The minimum absolute atomic E-state index is 0.148. The Labute approximate surface area is 171 Å². The van der Waals surface area contributed by atoms with Crippen molar-refractivity contribution in [2.45, 2.75) is 30.7 Å². The van der Waals surface area contributed by atoms with Crippen LogP contribution in [0.4, 0.5) is 0 Å². The van der Waals surface area contributed by atoms with Crippen LogP contribution in [-0.4, -0.2) is 45.9 Å². The van der Waals surface area contributed by atoms with Gasteiger partial charge < -0.3 is 14.8 Å². The number of nitrogens with zero attached hydrogens (tertiary/aromatic N) is 1. The lowest BCUT2D eigenvalue weighted by Gasteiger charge is -2.26. The van der Waals surface area contributed by atoms with Crippen molar-refractivity contribution < 1.29 is 22.7 Å². The van der Waals surface area contributed by atoms with Crippen molar-refractivity contribution in [2.24, 2.45) is 0 Å². The number of ether oxygens (including phenoxy) is 2. The van der Waals surface area contributed by atoms with Crippen LogP contribution in [0.2, 0.25) is 0 Å². The van der Waals surface area contributed by atoms with E-state index in [1.165, 1.54) is 16.4 Å². The average Bonchev–Trinajstić information content (AvgIpc) is 2.77. The van der Waals surface area contributed by atoms with E-state index in [-0.39, 0.29) is 17.3 Å². The zero-order valence-corrected chi connectivity index (χ0v) is 17.5. The molecule has 1 saturated heterocycles. The molecule has 0 saturated carbocycles. The van der Waals surface area contributed by atoms with Gasteiger partial charge in [0.05, 0.1) is 19.1 Å². The molecule has 156 valence electrons. The second-order valence-corrected chi connectivity index (χ2v) is 8.83. The summed E-state index contributed by atoms with van der Waals surface area (Å²) in [5, 5.41) is 2.82. The van der Waals surface area contributed by atoms with Crippen LogP contribution in [0.25, 0.3) is 0 Å². The van der Waals surface area contributed by atoms with E-state index in [2.05, 4.69) is 5.32 Å². The van der Waals surface area contributed by atoms with Crippen molar-refractivity contribution in [1.82, 2.24) is 9.62 Å². The van der Waals surface area contributed by atoms with E-state index < -0.39 is 10.0 Å². The fourth-order valence-corrected chi connectivity index (χ4v) is 4.87. The second-order valence-electron chi connectivity index (χ2n) is 6.90. The van der Waals surface area contributed by atoms with E-state index in [0.29, 0.717) is 30.2 Å². The minimum atomic E-state index is -3.58. The lowest BCUT2D eigenvalue weighted by atomic mass is 10.1. The van der Waals surface area contributed by atoms with Gasteiger partial charge in [0.15, 0.2) is 0 Å². The monoisotopic (exact) mass is 418 g/mol. The van der Waals surface area contributed by atoms with Gasteiger partial charge in [-0.15, -0.1) is 0 Å². The molecule has 0 aliphatic carbocycles. The van der Waals surface area contributed by atoms with Gasteiger partial charge in [-0.2, -0.15) is 4.31 Å².